The first kappa shape index (κ1) is 11.0. The second-order valence-electron chi connectivity index (χ2n) is 4.44. The highest BCUT2D eigenvalue weighted by atomic mass is 19.1. The number of carbonyl (C=O) groups excluding carboxylic acids is 1. The van der Waals surface area contributed by atoms with Crippen molar-refractivity contribution in [2.45, 2.75) is 13.0 Å². The zero-order chi connectivity index (χ0) is 12.5. The first-order chi connectivity index (χ1) is 8.75. The third-order valence-electron chi connectivity index (χ3n) is 3.31. The van der Waals surface area contributed by atoms with Crippen molar-refractivity contribution in [3.63, 3.8) is 0 Å². The van der Waals surface area contributed by atoms with E-state index >= 15 is 0 Å². The lowest BCUT2D eigenvalue weighted by Crippen LogP contribution is -2.36. The Morgan fingerprint density at radius 1 is 1.28 bits per heavy atom. The molecule has 0 unspecified atom stereocenters. The van der Waals surface area contributed by atoms with E-state index in [9.17, 15) is 9.18 Å². The Morgan fingerprint density at radius 3 is 2.94 bits per heavy atom. The van der Waals surface area contributed by atoms with Crippen molar-refractivity contribution in [1.82, 2.24) is 9.88 Å². The van der Waals surface area contributed by atoms with Crippen molar-refractivity contribution in [1.29, 1.82) is 0 Å². The van der Waals surface area contributed by atoms with Gasteiger partial charge in [-0.15, -0.1) is 0 Å². The van der Waals surface area contributed by atoms with Gasteiger partial charge in [0.2, 0.25) is 0 Å². The number of hydrogen-bond acceptors (Lipinski definition) is 1. The molecule has 0 bridgehead atoms. The molecule has 0 fully saturated rings. The summed E-state index contributed by atoms with van der Waals surface area (Å²) in [6.07, 6.45) is 2.67. The Morgan fingerprint density at radius 2 is 2.11 bits per heavy atom. The predicted octanol–water partition coefficient (Wildman–Crippen LogP) is 2.35. The minimum Gasteiger partial charge on any atom is -0.365 e. The van der Waals surface area contributed by atoms with Crippen LogP contribution in [0.2, 0.25) is 0 Å². The zero-order valence-electron chi connectivity index (χ0n) is 9.82. The topological polar surface area (TPSA) is 36.1 Å². The number of amides is 1. The summed E-state index contributed by atoms with van der Waals surface area (Å²) < 4.78 is 13.6. The van der Waals surface area contributed by atoms with Crippen LogP contribution in [0.5, 0.6) is 0 Å². The molecular weight excluding hydrogens is 231 g/mol. The first-order valence-corrected chi connectivity index (χ1v) is 5.94. The van der Waals surface area contributed by atoms with Crippen LogP contribution in [0.15, 0.2) is 36.5 Å². The molecule has 0 radical (unpaired) electrons. The van der Waals surface area contributed by atoms with E-state index in [0.717, 1.165) is 12.0 Å². The Kier molecular flexibility index (Phi) is 2.63. The molecule has 18 heavy (non-hydrogen) atoms. The van der Waals surface area contributed by atoms with Gasteiger partial charge in [-0.2, -0.15) is 0 Å². The number of nitrogens with one attached hydrogen (secondary N) is 1. The zero-order valence-corrected chi connectivity index (χ0v) is 9.82. The molecule has 1 N–H and O–H groups in total. The van der Waals surface area contributed by atoms with E-state index in [1.54, 1.807) is 17.0 Å². The number of aromatic amines is 1. The van der Waals surface area contributed by atoms with Crippen LogP contribution in [0.3, 0.4) is 0 Å². The lowest BCUT2D eigenvalue weighted by atomic mass is 10.1. The molecule has 3 rings (SSSR count). The normalized spacial score (nSPS) is 14.4. The van der Waals surface area contributed by atoms with E-state index in [1.807, 2.05) is 12.3 Å². The number of nitrogens with zero attached hydrogens (tertiary/aromatic N) is 1. The number of rotatable bonds is 1. The van der Waals surface area contributed by atoms with Gasteiger partial charge in [0.05, 0.1) is 5.56 Å². The Balaban J connectivity index is 1.85. The fraction of sp³-hybridized carbons (Fsp3) is 0.214. The number of carbonyl (C=O) groups is 1. The van der Waals surface area contributed by atoms with Crippen molar-refractivity contribution in [2.75, 3.05) is 6.54 Å². The van der Waals surface area contributed by atoms with Gasteiger partial charge in [0.15, 0.2) is 0 Å². The van der Waals surface area contributed by atoms with Crippen LogP contribution in [0.1, 0.15) is 21.6 Å². The molecular formula is C14H13FN2O. The number of benzene rings is 1. The Bertz CT molecular complexity index is 591. The molecule has 3 nitrogen and oxygen atoms in total. The highest BCUT2D eigenvalue weighted by Gasteiger charge is 2.23. The predicted molar refractivity (Wildman–Crippen MR) is 65.6 cm³/mol. The number of H-pyrrole nitrogens is 1. The molecule has 1 aliphatic heterocycles. The molecule has 0 aliphatic carbocycles. The second kappa shape index (κ2) is 4.29. The summed E-state index contributed by atoms with van der Waals surface area (Å²) in [4.78, 5) is 17.1. The first-order valence-electron chi connectivity index (χ1n) is 5.94. The minimum absolute atomic E-state index is 0.150. The van der Waals surface area contributed by atoms with Crippen LogP contribution in [0, 0.1) is 5.82 Å². The van der Waals surface area contributed by atoms with Crippen molar-refractivity contribution < 1.29 is 9.18 Å². The number of fused-ring (bicyclic) bond motifs is 1. The molecule has 92 valence electrons. The van der Waals surface area contributed by atoms with E-state index in [4.69, 9.17) is 0 Å². The quantitative estimate of drug-likeness (QED) is 0.821. The van der Waals surface area contributed by atoms with E-state index in [0.29, 0.717) is 13.1 Å². The Hall–Kier alpha value is -2.10. The largest absolute Gasteiger partial charge is 0.365 e. The Labute approximate surface area is 104 Å². The summed E-state index contributed by atoms with van der Waals surface area (Å²) >= 11 is 0. The summed E-state index contributed by atoms with van der Waals surface area (Å²) in [6.45, 7) is 1.17. The monoisotopic (exact) mass is 244 g/mol. The SMILES string of the molecule is O=C(c1ccccc1F)N1CCc2[nH]ccc2C1. The lowest BCUT2D eigenvalue weighted by molar-refractivity contribution is 0.0729. The van der Waals surface area contributed by atoms with Gasteiger partial charge in [-0.05, 0) is 23.8 Å². The molecule has 2 aromatic rings. The molecule has 2 heterocycles. The van der Waals surface area contributed by atoms with Gasteiger partial charge in [0.25, 0.3) is 5.91 Å². The average Bonchev–Trinajstić information content (AvgIpc) is 2.85. The van der Waals surface area contributed by atoms with Crippen LogP contribution in [-0.4, -0.2) is 22.3 Å². The van der Waals surface area contributed by atoms with Gasteiger partial charge >= 0.3 is 0 Å². The molecule has 0 saturated heterocycles. The van der Waals surface area contributed by atoms with Crippen molar-refractivity contribution in [3.05, 3.63) is 59.2 Å². The summed E-state index contributed by atoms with van der Waals surface area (Å²) in [7, 11) is 0. The fourth-order valence-corrected chi connectivity index (χ4v) is 2.33. The van der Waals surface area contributed by atoms with E-state index < -0.39 is 5.82 Å². The molecule has 0 spiro atoms. The maximum Gasteiger partial charge on any atom is 0.257 e. The third-order valence-corrected chi connectivity index (χ3v) is 3.31. The summed E-state index contributed by atoms with van der Waals surface area (Å²) in [5.74, 6) is -0.692. The highest BCUT2D eigenvalue weighted by Crippen LogP contribution is 2.20. The second-order valence-corrected chi connectivity index (χ2v) is 4.44. The third kappa shape index (κ3) is 1.79. The molecule has 1 aliphatic rings. The molecule has 1 aromatic heterocycles. The molecule has 4 heteroatoms. The van der Waals surface area contributed by atoms with Crippen LogP contribution < -0.4 is 0 Å². The van der Waals surface area contributed by atoms with Crippen molar-refractivity contribution >= 4 is 5.91 Å². The molecule has 0 atom stereocenters. The van der Waals surface area contributed by atoms with Crippen molar-refractivity contribution in [2.24, 2.45) is 0 Å². The van der Waals surface area contributed by atoms with Gasteiger partial charge in [-0.1, -0.05) is 12.1 Å². The van der Waals surface area contributed by atoms with E-state index in [-0.39, 0.29) is 11.5 Å². The van der Waals surface area contributed by atoms with Gasteiger partial charge < -0.3 is 9.88 Å². The highest BCUT2D eigenvalue weighted by molar-refractivity contribution is 5.94. The van der Waals surface area contributed by atoms with E-state index in [2.05, 4.69) is 4.98 Å². The van der Waals surface area contributed by atoms with Gasteiger partial charge in [-0.3, -0.25) is 4.79 Å². The lowest BCUT2D eigenvalue weighted by Gasteiger charge is -2.27. The summed E-state index contributed by atoms with van der Waals surface area (Å²) in [6, 6.07) is 8.09. The standard InChI is InChI=1S/C14H13FN2O/c15-12-4-2-1-3-11(12)14(18)17-8-6-13-10(9-17)5-7-16-13/h1-5,7,16H,6,8-9H2. The summed E-state index contributed by atoms with van der Waals surface area (Å²) in [5.41, 5.74) is 2.44. The van der Waals surface area contributed by atoms with Gasteiger partial charge in [0.1, 0.15) is 5.82 Å². The fourth-order valence-electron chi connectivity index (χ4n) is 2.33. The minimum atomic E-state index is -0.456. The van der Waals surface area contributed by atoms with E-state index in [1.165, 1.54) is 17.8 Å². The van der Waals surface area contributed by atoms with Crippen LogP contribution in [0.25, 0.3) is 0 Å². The van der Waals surface area contributed by atoms with Crippen LogP contribution >= 0.6 is 0 Å². The van der Waals surface area contributed by atoms with Crippen LogP contribution in [-0.2, 0) is 13.0 Å². The van der Waals surface area contributed by atoms with Crippen molar-refractivity contribution in [3.8, 4) is 0 Å². The number of halogens is 1. The van der Waals surface area contributed by atoms with Gasteiger partial charge in [0, 0.05) is 31.4 Å². The molecule has 1 aromatic carbocycles. The summed E-state index contributed by atoms with van der Waals surface area (Å²) in [5, 5.41) is 0. The number of hydrogen-bond donors (Lipinski definition) is 1. The smallest absolute Gasteiger partial charge is 0.257 e. The number of aromatic nitrogens is 1. The average molecular weight is 244 g/mol. The van der Waals surface area contributed by atoms with Crippen LogP contribution in [0.4, 0.5) is 4.39 Å². The maximum absolute atomic E-state index is 13.6. The molecule has 0 saturated carbocycles. The maximum atomic E-state index is 13.6. The molecule has 1 amide bonds. The van der Waals surface area contributed by atoms with Gasteiger partial charge in [-0.25, -0.2) is 4.39 Å².